The Morgan fingerprint density at radius 3 is 2.68 bits per heavy atom. The van der Waals surface area contributed by atoms with E-state index in [-0.39, 0.29) is 0 Å². The van der Waals surface area contributed by atoms with Gasteiger partial charge < -0.3 is 10.6 Å². The average Bonchev–Trinajstić information content (AvgIpc) is 2.96. The summed E-state index contributed by atoms with van der Waals surface area (Å²) < 4.78 is 1.82. The van der Waals surface area contributed by atoms with Crippen LogP contribution in [0.1, 0.15) is 5.56 Å². The predicted octanol–water partition coefficient (Wildman–Crippen LogP) is 1.92. The Labute approximate surface area is 136 Å². The van der Waals surface area contributed by atoms with E-state index in [1.807, 2.05) is 42.0 Å². The van der Waals surface area contributed by atoms with E-state index in [4.69, 9.17) is 0 Å². The smallest absolute Gasteiger partial charge is 0.191 e. The zero-order chi connectivity index (χ0) is 15.6. The minimum Gasteiger partial charge on any atom is -0.356 e. The van der Waals surface area contributed by atoms with Gasteiger partial charge in [-0.3, -0.25) is 9.67 Å². The lowest BCUT2D eigenvalue weighted by Gasteiger charge is -2.11. The molecule has 0 bridgehead atoms. The lowest BCUT2D eigenvalue weighted by Crippen LogP contribution is -2.39. The number of hydrogen-bond donors (Lipinski definition) is 2. The molecular formula is C16H23N5S. The normalized spacial score (nSPS) is 11.5. The highest BCUT2D eigenvalue weighted by atomic mass is 32.2. The van der Waals surface area contributed by atoms with Crippen LogP contribution in [0.2, 0.25) is 0 Å². The Bertz CT molecular complexity index is 579. The van der Waals surface area contributed by atoms with Crippen LogP contribution in [0.5, 0.6) is 0 Å². The van der Waals surface area contributed by atoms with Crippen LogP contribution < -0.4 is 10.6 Å². The molecule has 0 saturated heterocycles. The molecule has 0 unspecified atom stereocenters. The summed E-state index contributed by atoms with van der Waals surface area (Å²) in [5.74, 6) is 1.85. The first-order chi connectivity index (χ1) is 10.8. The van der Waals surface area contributed by atoms with Crippen molar-refractivity contribution in [1.29, 1.82) is 0 Å². The average molecular weight is 317 g/mol. The standard InChI is InChI=1S/C16H23N5S/c1-17-16(18-9-8-14-12-20-21(2)13-14)19-10-11-22-15-6-4-3-5-7-15/h3-7,12-13H,8-11H2,1-2H3,(H2,17,18,19). The Hall–Kier alpha value is -1.95. The highest BCUT2D eigenvalue weighted by Crippen LogP contribution is 2.15. The zero-order valence-electron chi connectivity index (χ0n) is 13.1. The van der Waals surface area contributed by atoms with Crippen molar-refractivity contribution in [1.82, 2.24) is 20.4 Å². The van der Waals surface area contributed by atoms with Gasteiger partial charge in [0.05, 0.1) is 6.20 Å². The van der Waals surface area contributed by atoms with Crippen molar-refractivity contribution in [3.05, 3.63) is 48.3 Å². The highest BCUT2D eigenvalue weighted by Gasteiger charge is 1.99. The molecule has 0 aliphatic heterocycles. The van der Waals surface area contributed by atoms with E-state index in [1.165, 1.54) is 10.5 Å². The van der Waals surface area contributed by atoms with Crippen LogP contribution >= 0.6 is 11.8 Å². The number of nitrogens with one attached hydrogen (secondary N) is 2. The van der Waals surface area contributed by atoms with Crippen LogP contribution in [-0.4, -0.2) is 41.6 Å². The lowest BCUT2D eigenvalue weighted by atomic mass is 10.2. The molecule has 5 nitrogen and oxygen atoms in total. The Morgan fingerprint density at radius 1 is 1.23 bits per heavy atom. The summed E-state index contributed by atoms with van der Waals surface area (Å²) in [7, 11) is 3.73. The summed E-state index contributed by atoms with van der Waals surface area (Å²) in [4.78, 5) is 5.53. The topological polar surface area (TPSA) is 54.2 Å². The number of thioether (sulfide) groups is 1. The Morgan fingerprint density at radius 2 is 2.00 bits per heavy atom. The van der Waals surface area contributed by atoms with Gasteiger partial charge in [-0.25, -0.2) is 0 Å². The molecule has 0 spiro atoms. The molecule has 0 radical (unpaired) electrons. The van der Waals surface area contributed by atoms with Gasteiger partial charge in [-0.1, -0.05) is 18.2 Å². The third-order valence-electron chi connectivity index (χ3n) is 3.09. The Balaban J connectivity index is 1.61. The quantitative estimate of drug-likeness (QED) is 0.354. The van der Waals surface area contributed by atoms with Gasteiger partial charge in [0.1, 0.15) is 0 Å². The monoisotopic (exact) mass is 317 g/mol. The number of nitrogens with zero attached hydrogens (tertiary/aromatic N) is 3. The number of rotatable bonds is 7. The van der Waals surface area contributed by atoms with Crippen LogP contribution in [0, 0.1) is 0 Å². The highest BCUT2D eigenvalue weighted by molar-refractivity contribution is 7.99. The summed E-state index contributed by atoms with van der Waals surface area (Å²) in [6, 6.07) is 10.4. The minimum absolute atomic E-state index is 0.844. The number of aliphatic imine (C=N–C) groups is 1. The van der Waals surface area contributed by atoms with Crippen molar-refractivity contribution in [2.45, 2.75) is 11.3 Å². The molecule has 6 heteroatoms. The van der Waals surface area contributed by atoms with E-state index >= 15 is 0 Å². The molecule has 0 aliphatic rings. The van der Waals surface area contributed by atoms with Crippen molar-refractivity contribution in [3.63, 3.8) is 0 Å². The Kier molecular flexibility index (Phi) is 6.83. The van der Waals surface area contributed by atoms with Gasteiger partial charge in [0.15, 0.2) is 5.96 Å². The summed E-state index contributed by atoms with van der Waals surface area (Å²) in [5, 5.41) is 10.8. The van der Waals surface area contributed by atoms with E-state index in [2.05, 4.69) is 45.0 Å². The number of guanidine groups is 1. The molecule has 2 N–H and O–H groups in total. The molecule has 2 aromatic rings. The van der Waals surface area contributed by atoms with Gasteiger partial charge in [-0.05, 0) is 24.1 Å². The van der Waals surface area contributed by atoms with Gasteiger partial charge in [0, 0.05) is 44.0 Å². The van der Waals surface area contributed by atoms with E-state index < -0.39 is 0 Å². The second-order valence-corrected chi connectivity index (χ2v) is 6.03. The van der Waals surface area contributed by atoms with Crippen molar-refractivity contribution in [2.75, 3.05) is 25.9 Å². The molecule has 2 rings (SSSR count). The summed E-state index contributed by atoms with van der Waals surface area (Å²) in [6.07, 6.45) is 4.87. The van der Waals surface area contributed by atoms with Crippen LogP contribution in [-0.2, 0) is 13.5 Å². The predicted molar refractivity (Wildman–Crippen MR) is 93.4 cm³/mol. The van der Waals surface area contributed by atoms with Crippen molar-refractivity contribution in [3.8, 4) is 0 Å². The van der Waals surface area contributed by atoms with E-state index in [9.17, 15) is 0 Å². The third kappa shape index (κ3) is 5.81. The van der Waals surface area contributed by atoms with Crippen molar-refractivity contribution in [2.24, 2.45) is 12.0 Å². The van der Waals surface area contributed by atoms with Crippen LogP contribution in [0.4, 0.5) is 0 Å². The van der Waals surface area contributed by atoms with Crippen molar-refractivity contribution < 1.29 is 0 Å². The molecule has 0 saturated carbocycles. The van der Waals surface area contributed by atoms with E-state index in [0.717, 1.165) is 31.2 Å². The second kappa shape index (κ2) is 9.15. The first-order valence-corrected chi connectivity index (χ1v) is 8.36. The SMILES string of the molecule is CN=C(NCCSc1ccccc1)NCCc1cnn(C)c1. The largest absolute Gasteiger partial charge is 0.356 e. The number of hydrogen-bond acceptors (Lipinski definition) is 3. The fraction of sp³-hybridized carbons (Fsp3) is 0.375. The molecule has 1 aromatic heterocycles. The van der Waals surface area contributed by atoms with Crippen LogP contribution in [0.3, 0.4) is 0 Å². The maximum atomic E-state index is 4.23. The molecule has 0 aliphatic carbocycles. The molecule has 1 heterocycles. The summed E-state index contributed by atoms with van der Waals surface area (Å²) in [6.45, 7) is 1.73. The van der Waals surface area contributed by atoms with E-state index in [0.29, 0.717) is 0 Å². The third-order valence-corrected chi connectivity index (χ3v) is 4.11. The second-order valence-electron chi connectivity index (χ2n) is 4.86. The summed E-state index contributed by atoms with van der Waals surface area (Å²) in [5.41, 5.74) is 1.23. The molecule has 22 heavy (non-hydrogen) atoms. The first kappa shape index (κ1) is 16.4. The number of benzene rings is 1. The minimum atomic E-state index is 0.844. The van der Waals surface area contributed by atoms with Gasteiger partial charge in [0.2, 0.25) is 0 Å². The van der Waals surface area contributed by atoms with Gasteiger partial charge in [-0.15, -0.1) is 11.8 Å². The molecule has 118 valence electrons. The zero-order valence-corrected chi connectivity index (χ0v) is 13.9. The van der Waals surface area contributed by atoms with Gasteiger partial charge >= 0.3 is 0 Å². The van der Waals surface area contributed by atoms with Gasteiger partial charge in [0.25, 0.3) is 0 Å². The fourth-order valence-corrected chi connectivity index (χ4v) is 2.79. The maximum Gasteiger partial charge on any atom is 0.191 e. The fourth-order valence-electron chi connectivity index (χ4n) is 2.00. The molecule has 0 atom stereocenters. The number of aromatic nitrogens is 2. The van der Waals surface area contributed by atoms with Crippen molar-refractivity contribution >= 4 is 17.7 Å². The molecule has 0 amide bonds. The van der Waals surface area contributed by atoms with Crippen LogP contribution in [0.25, 0.3) is 0 Å². The lowest BCUT2D eigenvalue weighted by molar-refractivity contribution is 0.765. The van der Waals surface area contributed by atoms with E-state index in [1.54, 1.807) is 7.05 Å². The maximum absolute atomic E-state index is 4.23. The molecule has 0 fully saturated rings. The molecular weight excluding hydrogens is 294 g/mol. The van der Waals surface area contributed by atoms with Crippen LogP contribution in [0.15, 0.2) is 52.6 Å². The number of aryl methyl sites for hydroxylation is 1. The first-order valence-electron chi connectivity index (χ1n) is 7.38. The summed E-state index contributed by atoms with van der Waals surface area (Å²) >= 11 is 1.84. The van der Waals surface area contributed by atoms with Gasteiger partial charge in [-0.2, -0.15) is 5.10 Å². The molecule has 1 aromatic carbocycles.